The predicted molar refractivity (Wildman–Crippen MR) is 50.4 cm³/mol. The Morgan fingerprint density at radius 1 is 1.06 bits per heavy atom. The minimum Gasteiger partial charge on any atom is -0.399 e. The lowest BCUT2D eigenvalue weighted by Gasteiger charge is -2.16. The first-order chi connectivity index (χ1) is 7.59. The maximum Gasteiger partial charge on any atom is 0.418 e. The Labute approximate surface area is 92.4 Å². The summed E-state index contributed by atoms with van der Waals surface area (Å²) >= 11 is 0. The van der Waals surface area contributed by atoms with Gasteiger partial charge in [-0.25, -0.2) is 0 Å². The van der Waals surface area contributed by atoms with E-state index in [-0.39, 0.29) is 5.69 Å². The third kappa shape index (κ3) is 4.04. The fourth-order valence-electron chi connectivity index (χ4n) is 1.15. The first-order valence-electron chi connectivity index (χ1n) is 4.37. The Morgan fingerprint density at radius 3 is 2.12 bits per heavy atom. The van der Waals surface area contributed by atoms with Crippen molar-refractivity contribution in [1.29, 1.82) is 0 Å². The molecule has 0 aliphatic carbocycles. The van der Waals surface area contributed by atoms with E-state index in [1.165, 1.54) is 0 Å². The molecule has 0 bridgehead atoms. The highest BCUT2D eigenvalue weighted by Crippen LogP contribution is 2.36. The highest BCUT2D eigenvalue weighted by molar-refractivity contribution is 5.59. The minimum atomic E-state index is -4.76. The smallest absolute Gasteiger partial charge is 0.399 e. The molecule has 0 saturated heterocycles. The first kappa shape index (κ1) is 13.5. The molecule has 0 amide bonds. The molecule has 1 aromatic rings. The second-order valence-corrected chi connectivity index (χ2v) is 3.27. The van der Waals surface area contributed by atoms with E-state index in [2.05, 4.69) is 0 Å². The van der Waals surface area contributed by atoms with Gasteiger partial charge in [0, 0.05) is 11.4 Å². The highest BCUT2D eigenvalue weighted by Gasteiger charge is 2.35. The highest BCUT2D eigenvalue weighted by atomic mass is 19.4. The number of halogens is 6. The van der Waals surface area contributed by atoms with E-state index in [1.807, 2.05) is 0 Å². The number of benzene rings is 1. The summed E-state index contributed by atoms with van der Waals surface area (Å²) in [5, 5.41) is 1.69. The third-order valence-corrected chi connectivity index (χ3v) is 1.83. The first-order valence-corrected chi connectivity index (χ1v) is 4.37. The minimum absolute atomic E-state index is 0.171. The van der Waals surface area contributed by atoms with Crippen LogP contribution in [0.25, 0.3) is 0 Å². The van der Waals surface area contributed by atoms with Gasteiger partial charge in [0.2, 0.25) is 0 Å². The molecule has 96 valence electrons. The second-order valence-electron chi connectivity index (χ2n) is 3.27. The molecule has 0 atom stereocenters. The van der Waals surface area contributed by atoms with Crippen LogP contribution in [0, 0.1) is 0 Å². The van der Waals surface area contributed by atoms with Crippen LogP contribution in [0.5, 0.6) is 0 Å². The molecule has 3 N–H and O–H groups in total. The summed E-state index contributed by atoms with van der Waals surface area (Å²) in [7, 11) is 0. The van der Waals surface area contributed by atoms with Gasteiger partial charge < -0.3 is 11.1 Å². The van der Waals surface area contributed by atoms with Crippen molar-refractivity contribution < 1.29 is 26.3 Å². The van der Waals surface area contributed by atoms with Crippen LogP contribution in [0.2, 0.25) is 0 Å². The largest absolute Gasteiger partial charge is 0.418 e. The molecule has 0 heterocycles. The molecule has 2 nitrogen and oxygen atoms in total. The van der Waals surface area contributed by atoms with Crippen LogP contribution in [-0.2, 0) is 6.18 Å². The molecule has 0 aromatic heterocycles. The van der Waals surface area contributed by atoms with Crippen molar-refractivity contribution in [3.63, 3.8) is 0 Å². The normalized spacial score (nSPS) is 12.6. The average Bonchev–Trinajstić information content (AvgIpc) is 2.13. The average molecular weight is 258 g/mol. The lowest BCUT2D eigenvalue weighted by Crippen LogP contribution is -2.23. The van der Waals surface area contributed by atoms with Gasteiger partial charge in [-0.1, -0.05) is 0 Å². The molecule has 17 heavy (non-hydrogen) atoms. The van der Waals surface area contributed by atoms with E-state index in [4.69, 9.17) is 5.73 Å². The lowest BCUT2D eigenvalue weighted by atomic mass is 10.1. The van der Waals surface area contributed by atoms with E-state index in [0.29, 0.717) is 6.07 Å². The number of rotatable bonds is 2. The van der Waals surface area contributed by atoms with Gasteiger partial charge in [0.15, 0.2) is 0 Å². The van der Waals surface area contributed by atoms with E-state index in [0.717, 1.165) is 12.1 Å². The van der Waals surface area contributed by atoms with Gasteiger partial charge in [-0.2, -0.15) is 26.3 Å². The Balaban J connectivity index is 2.99. The van der Waals surface area contributed by atoms with Gasteiger partial charge in [0.05, 0.1) is 5.56 Å². The van der Waals surface area contributed by atoms with Crippen molar-refractivity contribution in [2.45, 2.75) is 12.4 Å². The molecule has 0 spiro atoms. The standard InChI is InChI=1S/C9H8F6N2/c10-8(11,12)4-17-7-2-1-5(16)3-6(7)9(13,14)15/h1-3,17H,4,16H2. The molecule has 1 aromatic carbocycles. The van der Waals surface area contributed by atoms with Crippen molar-refractivity contribution in [3.8, 4) is 0 Å². The van der Waals surface area contributed by atoms with Crippen LogP contribution in [0.3, 0.4) is 0 Å². The number of hydrogen-bond donors (Lipinski definition) is 2. The van der Waals surface area contributed by atoms with Crippen LogP contribution in [0.1, 0.15) is 5.56 Å². The maximum atomic E-state index is 12.5. The lowest BCUT2D eigenvalue weighted by molar-refractivity contribution is -0.137. The number of alkyl halides is 6. The van der Waals surface area contributed by atoms with E-state index >= 15 is 0 Å². The molecule has 0 fully saturated rings. The zero-order chi connectivity index (χ0) is 13.3. The second kappa shape index (κ2) is 4.34. The van der Waals surface area contributed by atoms with E-state index in [1.54, 1.807) is 5.32 Å². The zero-order valence-electron chi connectivity index (χ0n) is 8.28. The van der Waals surface area contributed by atoms with Crippen molar-refractivity contribution in [2.24, 2.45) is 0 Å². The van der Waals surface area contributed by atoms with Crippen LogP contribution in [-0.4, -0.2) is 12.7 Å². The summed E-state index contributed by atoms with van der Waals surface area (Å²) in [6, 6.07) is 2.54. The fraction of sp³-hybridized carbons (Fsp3) is 0.333. The van der Waals surface area contributed by atoms with Gasteiger partial charge in [-0.05, 0) is 18.2 Å². The number of anilines is 2. The van der Waals surface area contributed by atoms with Crippen molar-refractivity contribution in [3.05, 3.63) is 23.8 Å². The van der Waals surface area contributed by atoms with Gasteiger partial charge in [0.1, 0.15) is 6.54 Å². The zero-order valence-corrected chi connectivity index (χ0v) is 8.28. The Kier molecular flexibility index (Phi) is 3.44. The Hall–Kier alpha value is -1.60. The number of nitrogens with two attached hydrogens (primary N) is 1. The number of hydrogen-bond acceptors (Lipinski definition) is 2. The Morgan fingerprint density at radius 2 is 1.65 bits per heavy atom. The van der Waals surface area contributed by atoms with E-state index < -0.39 is 30.1 Å². The summed E-state index contributed by atoms with van der Waals surface area (Å²) in [4.78, 5) is 0. The van der Waals surface area contributed by atoms with E-state index in [9.17, 15) is 26.3 Å². The van der Waals surface area contributed by atoms with Crippen LogP contribution in [0.15, 0.2) is 18.2 Å². The molecule has 0 aliphatic rings. The van der Waals surface area contributed by atoms with Crippen molar-refractivity contribution in [2.75, 3.05) is 17.6 Å². The molecule has 0 unspecified atom stereocenters. The van der Waals surface area contributed by atoms with Crippen LogP contribution >= 0.6 is 0 Å². The van der Waals surface area contributed by atoms with Crippen molar-refractivity contribution in [1.82, 2.24) is 0 Å². The summed E-state index contributed by atoms with van der Waals surface area (Å²) in [6.07, 6.45) is -9.35. The van der Waals surface area contributed by atoms with Gasteiger partial charge in [-0.15, -0.1) is 0 Å². The van der Waals surface area contributed by atoms with Gasteiger partial charge in [-0.3, -0.25) is 0 Å². The fourth-order valence-corrected chi connectivity index (χ4v) is 1.15. The third-order valence-electron chi connectivity index (χ3n) is 1.83. The molecular weight excluding hydrogens is 250 g/mol. The summed E-state index contributed by atoms with van der Waals surface area (Å²) in [5.74, 6) is 0. The number of nitrogen functional groups attached to an aromatic ring is 1. The summed E-state index contributed by atoms with van der Waals surface area (Å²) < 4.78 is 73.1. The Bertz CT molecular complexity index is 395. The predicted octanol–water partition coefficient (Wildman–Crippen LogP) is 3.26. The SMILES string of the molecule is Nc1ccc(NCC(F)(F)F)c(C(F)(F)F)c1. The van der Waals surface area contributed by atoms with Gasteiger partial charge in [0.25, 0.3) is 0 Å². The molecule has 0 aliphatic heterocycles. The quantitative estimate of drug-likeness (QED) is 0.631. The molecule has 8 heteroatoms. The summed E-state index contributed by atoms with van der Waals surface area (Å²) in [6.45, 7) is -1.54. The van der Waals surface area contributed by atoms with Crippen molar-refractivity contribution >= 4 is 11.4 Å². The monoisotopic (exact) mass is 258 g/mol. The maximum absolute atomic E-state index is 12.5. The van der Waals surface area contributed by atoms with Crippen LogP contribution < -0.4 is 11.1 Å². The van der Waals surface area contributed by atoms with Gasteiger partial charge >= 0.3 is 12.4 Å². The molecule has 0 radical (unpaired) electrons. The van der Waals surface area contributed by atoms with Crippen LogP contribution in [0.4, 0.5) is 37.7 Å². The number of nitrogens with one attached hydrogen (secondary N) is 1. The topological polar surface area (TPSA) is 38.0 Å². The summed E-state index contributed by atoms with van der Waals surface area (Å²) in [5.41, 5.74) is 3.12. The molecular formula is C9H8F6N2. The molecule has 0 saturated carbocycles. The molecule has 1 rings (SSSR count).